The summed E-state index contributed by atoms with van der Waals surface area (Å²) < 4.78 is 10.5. The molecule has 6 heteroatoms. The lowest BCUT2D eigenvalue weighted by molar-refractivity contribution is -0.146. The highest BCUT2D eigenvalue weighted by Crippen LogP contribution is 2.21. The second kappa shape index (κ2) is 5.27. The number of amides is 1. The van der Waals surface area contributed by atoms with Crippen LogP contribution in [0.1, 0.15) is 13.3 Å². The molecule has 2 unspecified atom stereocenters. The Morgan fingerprint density at radius 3 is 2.75 bits per heavy atom. The molecule has 0 aliphatic carbocycles. The Labute approximate surface area is 93.9 Å². The summed E-state index contributed by atoms with van der Waals surface area (Å²) in [4.78, 5) is 22.0. The zero-order valence-electron chi connectivity index (χ0n) is 9.49. The molecule has 92 valence electrons. The number of hydrogen-bond acceptors (Lipinski definition) is 4. The Hall–Kier alpha value is -1.14. The molecule has 0 spiro atoms. The van der Waals surface area contributed by atoms with E-state index in [-0.39, 0.29) is 6.54 Å². The van der Waals surface area contributed by atoms with Crippen molar-refractivity contribution < 1.29 is 24.2 Å². The van der Waals surface area contributed by atoms with Crippen LogP contribution in [0, 0.1) is 5.92 Å². The number of carbonyl (C=O) groups excluding carboxylic acids is 1. The number of aliphatic carboxylic acids is 1. The minimum absolute atomic E-state index is 0.278. The summed E-state index contributed by atoms with van der Waals surface area (Å²) >= 11 is 0. The third-order valence-electron chi connectivity index (χ3n) is 2.85. The maximum Gasteiger partial charge on any atom is 0.315 e. The average Bonchev–Trinajstić information content (AvgIpc) is 2.74. The molecule has 1 amide bonds. The van der Waals surface area contributed by atoms with Crippen molar-refractivity contribution in [2.45, 2.75) is 18.9 Å². The first-order valence-corrected chi connectivity index (χ1v) is 5.14. The molecule has 0 saturated carbocycles. The van der Waals surface area contributed by atoms with Crippen LogP contribution in [0.5, 0.6) is 0 Å². The van der Waals surface area contributed by atoms with Crippen LogP contribution in [0.3, 0.4) is 0 Å². The van der Waals surface area contributed by atoms with Crippen molar-refractivity contribution in [3.63, 3.8) is 0 Å². The third kappa shape index (κ3) is 2.93. The van der Waals surface area contributed by atoms with E-state index in [1.165, 1.54) is 6.92 Å². The molecule has 1 fully saturated rings. The normalized spacial score (nSPS) is 26.4. The Bertz CT molecular complexity index is 272. The van der Waals surface area contributed by atoms with Crippen molar-refractivity contribution in [1.29, 1.82) is 0 Å². The molecule has 2 N–H and O–H groups in total. The van der Waals surface area contributed by atoms with Crippen LogP contribution < -0.4 is 5.32 Å². The topological polar surface area (TPSA) is 84.9 Å². The van der Waals surface area contributed by atoms with Crippen molar-refractivity contribution in [2.75, 3.05) is 26.9 Å². The lowest BCUT2D eigenvalue weighted by atomic mass is 10.0. The molecule has 2 atom stereocenters. The predicted molar refractivity (Wildman–Crippen MR) is 55.0 cm³/mol. The second-order valence-electron chi connectivity index (χ2n) is 3.97. The highest BCUT2D eigenvalue weighted by molar-refractivity contribution is 5.96. The van der Waals surface area contributed by atoms with E-state index in [2.05, 4.69) is 5.32 Å². The van der Waals surface area contributed by atoms with E-state index in [9.17, 15) is 9.59 Å². The molecule has 1 aliphatic heterocycles. The molecule has 0 aromatic rings. The van der Waals surface area contributed by atoms with Crippen LogP contribution in [-0.4, -0.2) is 49.5 Å². The highest BCUT2D eigenvalue weighted by Gasteiger charge is 2.36. The molecule has 0 bridgehead atoms. The van der Waals surface area contributed by atoms with E-state index in [1.54, 1.807) is 7.11 Å². The smallest absolute Gasteiger partial charge is 0.315 e. The van der Waals surface area contributed by atoms with E-state index < -0.39 is 23.4 Å². The lowest BCUT2D eigenvalue weighted by Gasteiger charge is -2.26. The van der Waals surface area contributed by atoms with Crippen molar-refractivity contribution in [3.8, 4) is 0 Å². The quantitative estimate of drug-likeness (QED) is 0.630. The minimum atomic E-state index is -1.13. The van der Waals surface area contributed by atoms with Crippen molar-refractivity contribution >= 4 is 11.9 Å². The van der Waals surface area contributed by atoms with Gasteiger partial charge in [-0.05, 0) is 6.92 Å². The third-order valence-corrected chi connectivity index (χ3v) is 2.85. The first-order valence-electron chi connectivity index (χ1n) is 5.14. The van der Waals surface area contributed by atoms with Gasteiger partial charge in [-0.2, -0.15) is 0 Å². The highest BCUT2D eigenvalue weighted by atomic mass is 16.5. The summed E-state index contributed by atoms with van der Waals surface area (Å²) in [6, 6.07) is 0. The summed E-state index contributed by atoms with van der Waals surface area (Å²) in [5.41, 5.74) is -0.506. The maximum atomic E-state index is 11.4. The monoisotopic (exact) mass is 231 g/mol. The van der Waals surface area contributed by atoms with Gasteiger partial charge in [-0.25, -0.2) is 0 Å². The molecule has 1 heterocycles. The van der Waals surface area contributed by atoms with Gasteiger partial charge in [-0.3, -0.25) is 9.59 Å². The molecular formula is C10H17NO5. The van der Waals surface area contributed by atoms with Crippen LogP contribution in [-0.2, 0) is 19.1 Å². The molecule has 16 heavy (non-hydrogen) atoms. The van der Waals surface area contributed by atoms with Crippen LogP contribution in [0.4, 0.5) is 0 Å². The van der Waals surface area contributed by atoms with Gasteiger partial charge in [0.25, 0.3) is 0 Å². The van der Waals surface area contributed by atoms with Gasteiger partial charge in [0.1, 0.15) is 11.5 Å². The predicted octanol–water partition coefficient (Wildman–Crippen LogP) is -0.371. The first-order chi connectivity index (χ1) is 7.51. The van der Waals surface area contributed by atoms with E-state index in [0.717, 1.165) is 0 Å². The summed E-state index contributed by atoms with van der Waals surface area (Å²) in [5.74, 6) is -2.68. The minimum Gasteiger partial charge on any atom is -0.481 e. The number of carboxylic acid groups (broad SMARTS) is 1. The lowest BCUT2D eigenvalue weighted by Crippen LogP contribution is -2.47. The van der Waals surface area contributed by atoms with Crippen LogP contribution in [0.15, 0.2) is 0 Å². The van der Waals surface area contributed by atoms with Gasteiger partial charge in [-0.15, -0.1) is 0 Å². The summed E-state index contributed by atoms with van der Waals surface area (Å²) in [6.45, 7) is 2.64. The van der Waals surface area contributed by atoms with Crippen LogP contribution in [0.2, 0.25) is 0 Å². The Morgan fingerprint density at radius 1 is 1.62 bits per heavy atom. The largest absolute Gasteiger partial charge is 0.481 e. The fraction of sp³-hybridized carbons (Fsp3) is 0.800. The van der Waals surface area contributed by atoms with Crippen molar-refractivity contribution in [3.05, 3.63) is 0 Å². The van der Waals surface area contributed by atoms with Gasteiger partial charge in [0, 0.05) is 26.7 Å². The zero-order chi connectivity index (χ0) is 12.2. The number of hydrogen-bond donors (Lipinski definition) is 2. The van der Waals surface area contributed by atoms with Gasteiger partial charge in [-0.1, -0.05) is 0 Å². The number of carboxylic acids is 1. The Morgan fingerprint density at radius 2 is 2.31 bits per heavy atom. The van der Waals surface area contributed by atoms with E-state index in [0.29, 0.717) is 19.6 Å². The molecule has 1 rings (SSSR count). The SMILES string of the molecule is COC1(CNC(=O)C(C)C(=O)O)CCOC1. The first kappa shape index (κ1) is 12.9. The summed E-state index contributed by atoms with van der Waals surface area (Å²) in [5, 5.41) is 11.2. The maximum absolute atomic E-state index is 11.4. The molecular weight excluding hydrogens is 214 g/mol. The average molecular weight is 231 g/mol. The molecule has 0 aromatic carbocycles. The number of methoxy groups -OCH3 is 1. The van der Waals surface area contributed by atoms with Gasteiger partial charge in [0.2, 0.25) is 5.91 Å². The van der Waals surface area contributed by atoms with Crippen molar-refractivity contribution in [1.82, 2.24) is 5.32 Å². The summed E-state index contributed by atoms with van der Waals surface area (Å²) in [7, 11) is 1.56. The molecule has 1 aliphatic rings. The fourth-order valence-corrected chi connectivity index (χ4v) is 1.47. The van der Waals surface area contributed by atoms with Crippen LogP contribution >= 0.6 is 0 Å². The molecule has 0 aromatic heterocycles. The van der Waals surface area contributed by atoms with E-state index in [1.807, 2.05) is 0 Å². The number of nitrogens with one attached hydrogen (secondary N) is 1. The number of carbonyl (C=O) groups is 2. The van der Waals surface area contributed by atoms with Gasteiger partial charge >= 0.3 is 5.97 Å². The Balaban J connectivity index is 2.44. The van der Waals surface area contributed by atoms with Gasteiger partial charge in [0.15, 0.2) is 0 Å². The zero-order valence-corrected chi connectivity index (χ0v) is 9.49. The second-order valence-corrected chi connectivity index (χ2v) is 3.97. The molecule has 6 nitrogen and oxygen atoms in total. The Kier molecular flexibility index (Phi) is 4.26. The summed E-state index contributed by atoms with van der Waals surface area (Å²) in [6.07, 6.45) is 0.700. The number of rotatable bonds is 5. The molecule has 0 radical (unpaired) electrons. The number of ether oxygens (including phenoxy) is 2. The fourth-order valence-electron chi connectivity index (χ4n) is 1.47. The van der Waals surface area contributed by atoms with Gasteiger partial charge < -0.3 is 19.9 Å². The molecule has 1 saturated heterocycles. The van der Waals surface area contributed by atoms with E-state index in [4.69, 9.17) is 14.6 Å². The van der Waals surface area contributed by atoms with Crippen molar-refractivity contribution in [2.24, 2.45) is 5.92 Å². The van der Waals surface area contributed by atoms with Gasteiger partial charge in [0.05, 0.1) is 6.61 Å². The van der Waals surface area contributed by atoms with Crippen LogP contribution in [0.25, 0.3) is 0 Å². The van der Waals surface area contributed by atoms with E-state index >= 15 is 0 Å². The standard InChI is InChI=1S/C10H17NO5/c1-7(9(13)14)8(12)11-5-10(15-2)3-4-16-6-10/h7H,3-6H2,1-2H3,(H,11,12)(H,13,14).